The van der Waals surface area contributed by atoms with Crippen LogP contribution in [0.5, 0.6) is 5.75 Å². The Morgan fingerprint density at radius 2 is 2.21 bits per heavy atom. The van der Waals surface area contributed by atoms with Crippen molar-refractivity contribution in [3.05, 3.63) is 35.5 Å². The van der Waals surface area contributed by atoms with Crippen LogP contribution >= 0.6 is 11.6 Å². The molecule has 128 valence electrons. The van der Waals surface area contributed by atoms with E-state index in [0.29, 0.717) is 22.7 Å². The number of amides is 1. The van der Waals surface area contributed by atoms with E-state index >= 15 is 0 Å². The molecular formula is C16H17ClN2O4S. The van der Waals surface area contributed by atoms with Crippen molar-refractivity contribution < 1.29 is 17.9 Å². The zero-order valence-electron chi connectivity index (χ0n) is 13.1. The molecule has 1 saturated heterocycles. The number of carbonyl (C=O) groups is 1. The minimum atomic E-state index is -3.03. The van der Waals surface area contributed by atoms with Gasteiger partial charge in [0.05, 0.1) is 16.5 Å². The fraction of sp³-hybridized carbons (Fsp3) is 0.375. The highest BCUT2D eigenvalue weighted by atomic mass is 35.5. The molecule has 6 nitrogen and oxygen atoms in total. The summed E-state index contributed by atoms with van der Waals surface area (Å²) < 4.78 is 28.7. The first-order chi connectivity index (χ1) is 11.4. The third-order valence-corrected chi connectivity index (χ3v) is 6.26. The molecule has 2 aromatic rings. The quantitative estimate of drug-likeness (QED) is 0.824. The van der Waals surface area contributed by atoms with Gasteiger partial charge in [0.25, 0.3) is 5.91 Å². The number of pyridine rings is 1. The van der Waals surface area contributed by atoms with Crippen molar-refractivity contribution in [2.24, 2.45) is 0 Å². The zero-order valence-corrected chi connectivity index (χ0v) is 14.7. The Balaban J connectivity index is 1.70. The lowest BCUT2D eigenvalue weighted by Gasteiger charge is -2.23. The normalized spacial score (nSPS) is 19.3. The van der Waals surface area contributed by atoms with Crippen LogP contribution in [0.15, 0.2) is 30.5 Å². The summed E-state index contributed by atoms with van der Waals surface area (Å²) in [5.41, 5.74) is 0.587. The second-order valence-electron chi connectivity index (χ2n) is 5.80. The van der Waals surface area contributed by atoms with Crippen molar-refractivity contribution in [2.75, 3.05) is 25.2 Å². The summed E-state index contributed by atoms with van der Waals surface area (Å²) in [6, 6.07) is 6.68. The summed E-state index contributed by atoms with van der Waals surface area (Å²) in [7, 11) is -1.43. The van der Waals surface area contributed by atoms with Crippen LogP contribution < -0.4 is 4.74 Å². The fourth-order valence-electron chi connectivity index (χ4n) is 2.75. The summed E-state index contributed by atoms with van der Waals surface area (Å²) in [6.07, 6.45) is 2.10. The average molecular weight is 369 g/mol. The van der Waals surface area contributed by atoms with E-state index < -0.39 is 9.84 Å². The van der Waals surface area contributed by atoms with Crippen LogP contribution in [0, 0.1) is 0 Å². The number of rotatable bonds is 4. The van der Waals surface area contributed by atoms with Gasteiger partial charge < -0.3 is 9.64 Å². The topological polar surface area (TPSA) is 76.6 Å². The van der Waals surface area contributed by atoms with Crippen LogP contribution in [0.25, 0.3) is 10.9 Å². The first-order valence-corrected chi connectivity index (χ1v) is 9.69. The van der Waals surface area contributed by atoms with Crippen LogP contribution in [0.4, 0.5) is 0 Å². The summed E-state index contributed by atoms with van der Waals surface area (Å²) in [5.74, 6) is 0.342. The molecule has 1 amide bonds. The summed E-state index contributed by atoms with van der Waals surface area (Å²) >= 11 is 6.13. The first kappa shape index (κ1) is 17.0. The molecular weight excluding hydrogens is 352 g/mol. The molecule has 0 N–H and O–H groups in total. The number of fused-ring (bicyclic) bond motifs is 1. The molecule has 1 unspecified atom stereocenters. The highest BCUT2D eigenvalue weighted by molar-refractivity contribution is 7.91. The van der Waals surface area contributed by atoms with Gasteiger partial charge in [-0.25, -0.2) is 8.42 Å². The number of halogens is 1. The van der Waals surface area contributed by atoms with Gasteiger partial charge in [0.1, 0.15) is 11.3 Å². The molecule has 0 bridgehead atoms. The smallest absolute Gasteiger partial charge is 0.260 e. The van der Waals surface area contributed by atoms with Crippen LogP contribution in [0.3, 0.4) is 0 Å². The van der Waals surface area contributed by atoms with Gasteiger partial charge in [-0.3, -0.25) is 9.78 Å². The number of hydrogen-bond acceptors (Lipinski definition) is 5. The minimum Gasteiger partial charge on any atom is -0.481 e. The van der Waals surface area contributed by atoms with E-state index in [1.807, 2.05) is 6.07 Å². The number of nitrogens with zero attached hydrogens (tertiary/aromatic N) is 2. The Bertz CT molecular complexity index is 885. The van der Waals surface area contributed by atoms with Crippen LogP contribution in [-0.2, 0) is 14.6 Å². The lowest BCUT2D eigenvalue weighted by atomic mass is 10.2. The van der Waals surface area contributed by atoms with Crippen molar-refractivity contribution in [2.45, 2.75) is 12.5 Å². The lowest BCUT2D eigenvalue weighted by molar-refractivity contribution is -0.133. The average Bonchev–Trinajstić information content (AvgIpc) is 2.93. The van der Waals surface area contributed by atoms with Gasteiger partial charge in [-0.1, -0.05) is 11.6 Å². The number of carbonyl (C=O) groups excluding carboxylic acids is 1. The second kappa shape index (κ2) is 6.57. The van der Waals surface area contributed by atoms with Gasteiger partial charge >= 0.3 is 0 Å². The maximum Gasteiger partial charge on any atom is 0.260 e. The molecule has 1 aromatic heterocycles. The number of sulfone groups is 1. The third kappa shape index (κ3) is 3.47. The SMILES string of the molecule is CN(C(=O)COc1ccc(Cl)c2cccnc12)C1CCS(=O)(=O)C1. The molecule has 0 spiro atoms. The molecule has 1 atom stereocenters. The van der Waals surface area contributed by atoms with E-state index in [-0.39, 0.29) is 30.1 Å². The number of aromatic nitrogens is 1. The van der Waals surface area contributed by atoms with E-state index in [0.717, 1.165) is 5.39 Å². The van der Waals surface area contributed by atoms with Gasteiger partial charge in [0, 0.05) is 24.7 Å². The highest BCUT2D eigenvalue weighted by Gasteiger charge is 2.32. The first-order valence-electron chi connectivity index (χ1n) is 7.49. The minimum absolute atomic E-state index is 0.0146. The Labute approximate surface area is 145 Å². The predicted octanol–water partition coefficient (Wildman–Crippen LogP) is 1.91. The summed E-state index contributed by atoms with van der Waals surface area (Å²) in [6.45, 7) is -0.180. The predicted molar refractivity (Wildman–Crippen MR) is 92.1 cm³/mol. The van der Waals surface area contributed by atoms with E-state index in [9.17, 15) is 13.2 Å². The molecule has 0 radical (unpaired) electrons. The Kier molecular flexibility index (Phi) is 4.64. The van der Waals surface area contributed by atoms with Crippen LogP contribution in [-0.4, -0.2) is 55.4 Å². The van der Waals surface area contributed by atoms with Crippen LogP contribution in [0.1, 0.15) is 6.42 Å². The maximum atomic E-state index is 12.3. The zero-order chi connectivity index (χ0) is 17.3. The van der Waals surface area contributed by atoms with Gasteiger partial charge in [0.15, 0.2) is 16.4 Å². The Morgan fingerprint density at radius 3 is 2.92 bits per heavy atom. The van der Waals surface area contributed by atoms with Gasteiger partial charge in [-0.2, -0.15) is 0 Å². The molecule has 1 aromatic carbocycles. The molecule has 0 aliphatic carbocycles. The molecule has 8 heteroatoms. The van der Waals surface area contributed by atoms with E-state index in [2.05, 4.69) is 4.98 Å². The fourth-order valence-corrected chi connectivity index (χ4v) is 4.74. The maximum absolute atomic E-state index is 12.3. The van der Waals surface area contributed by atoms with Crippen molar-refractivity contribution >= 4 is 38.2 Å². The van der Waals surface area contributed by atoms with Crippen LogP contribution in [0.2, 0.25) is 5.02 Å². The van der Waals surface area contributed by atoms with Gasteiger partial charge in [-0.15, -0.1) is 0 Å². The second-order valence-corrected chi connectivity index (χ2v) is 8.43. The molecule has 3 rings (SSSR count). The number of ether oxygens (including phenoxy) is 1. The Hall–Kier alpha value is -1.86. The third-order valence-electron chi connectivity index (χ3n) is 4.18. The van der Waals surface area contributed by atoms with E-state index in [1.165, 1.54) is 4.90 Å². The lowest BCUT2D eigenvalue weighted by Crippen LogP contribution is -2.40. The number of benzene rings is 1. The molecule has 24 heavy (non-hydrogen) atoms. The highest BCUT2D eigenvalue weighted by Crippen LogP contribution is 2.29. The van der Waals surface area contributed by atoms with Crippen molar-refractivity contribution in [1.29, 1.82) is 0 Å². The monoisotopic (exact) mass is 368 g/mol. The number of hydrogen-bond donors (Lipinski definition) is 0. The largest absolute Gasteiger partial charge is 0.481 e. The summed E-state index contributed by atoms with van der Waals surface area (Å²) in [4.78, 5) is 18.0. The van der Waals surface area contributed by atoms with Crippen molar-refractivity contribution in [3.8, 4) is 5.75 Å². The van der Waals surface area contributed by atoms with Crippen molar-refractivity contribution in [3.63, 3.8) is 0 Å². The number of likely N-dealkylation sites (N-methyl/N-ethyl adjacent to an activating group) is 1. The standard InChI is InChI=1S/C16H17ClN2O4S/c1-19(11-6-8-24(21,22)10-11)15(20)9-23-14-5-4-13(17)12-3-2-7-18-16(12)14/h2-5,7,11H,6,8-10H2,1H3. The Morgan fingerprint density at radius 1 is 1.42 bits per heavy atom. The van der Waals surface area contributed by atoms with E-state index in [4.69, 9.17) is 16.3 Å². The van der Waals surface area contributed by atoms with Gasteiger partial charge in [-0.05, 0) is 30.7 Å². The molecule has 0 saturated carbocycles. The summed E-state index contributed by atoms with van der Waals surface area (Å²) in [5, 5.41) is 1.31. The van der Waals surface area contributed by atoms with E-state index in [1.54, 1.807) is 31.4 Å². The molecule has 1 aliphatic heterocycles. The molecule has 2 heterocycles. The van der Waals surface area contributed by atoms with Crippen molar-refractivity contribution in [1.82, 2.24) is 9.88 Å². The van der Waals surface area contributed by atoms with Gasteiger partial charge in [0.2, 0.25) is 0 Å². The molecule has 1 aliphatic rings. The molecule has 1 fully saturated rings.